The number of para-hydroxylation sites is 1. The Morgan fingerprint density at radius 3 is 1.97 bits per heavy atom. The van der Waals surface area contributed by atoms with Gasteiger partial charge in [0, 0.05) is 49.6 Å². The Morgan fingerprint density at radius 1 is 0.701 bits per heavy atom. The van der Waals surface area contributed by atoms with Gasteiger partial charge in [0.25, 0.3) is 0 Å². The van der Waals surface area contributed by atoms with E-state index in [-0.39, 0.29) is 75.8 Å². The van der Waals surface area contributed by atoms with Crippen LogP contribution < -0.4 is 71.6 Å². The number of hydrogen-bond donors (Lipinski definition) is 16. The number of amides is 9. The summed E-state index contributed by atoms with van der Waals surface area (Å²) in [7, 11) is 0. The van der Waals surface area contributed by atoms with Gasteiger partial charge in [-0.05, 0) is 74.8 Å². The molecule has 77 heavy (non-hydrogen) atoms. The molecule has 0 unspecified atom stereocenters. The fourth-order valence-electron chi connectivity index (χ4n) is 8.18. The fourth-order valence-corrected chi connectivity index (χ4v) is 8.18. The summed E-state index contributed by atoms with van der Waals surface area (Å²) in [5, 5.41) is 36.9. The highest BCUT2D eigenvalue weighted by atomic mass is 16.4. The second-order valence-corrected chi connectivity index (χ2v) is 18.2. The number of carboxylic acid groups (broad SMARTS) is 1. The molecular formula is C48H69N17O12. The number of aliphatic carboxylic acids is 1. The summed E-state index contributed by atoms with van der Waals surface area (Å²) in [6, 6.07) is 3.75. The van der Waals surface area contributed by atoms with Gasteiger partial charge < -0.3 is 91.7 Å². The van der Waals surface area contributed by atoms with E-state index in [2.05, 4.69) is 52.2 Å². The molecule has 29 nitrogen and oxygen atoms in total. The number of aliphatic imine (C=N–C) groups is 2. The van der Waals surface area contributed by atoms with Crippen LogP contribution in [-0.2, 0) is 60.8 Å². The van der Waals surface area contributed by atoms with Crippen LogP contribution in [-0.4, -0.2) is 166 Å². The summed E-state index contributed by atoms with van der Waals surface area (Å²) in [5.41, 5.74) is 35.2. The zero-order valence-corrected chi connectivity index (χ0v) is 42.4. The number of aromatic amines is 1. The van der Waals surface area contributed by atoms with Crippen molar-refractivity contribution in [3.05, 3.63) is 65.9 Å². The molecule has 0 bridgehead atoms. The number of aromatic nitrogens is 1. The van der Waals surface area contributed by atoms with Crippen molar-refractivity contribution < 1.29 is 58.2 Å². The first-order valence-electron chi connectivity index (χ1n) is 24.6. The van der Waals surface area contributed by atoms with Gasteiger partial charge in [0.1, 0.15) is 48.5 Å². The number of nitrogens with one attached hydrogen (secondary N) is 8. The maximum atomic E-state index is 14.2. The number of nitrogens with two attached hydrogens (primary N) is 6. The average molecular weight is 1080 g/mol. The van der Waals surface area contributed by atoms with E-state index < -0.39 is 121 Å². The molecule has 0 aliphatic carbocycles. The van der Waals surface area contributed by atoms with Crippen LogP contribution in [0.25, 0.3) is 10.9 Å². The molecule has 1 aliphatic rings. The van der Waals surface area contributed by atoms with Crippen LogP contribution in [0.4, 0.5) is 0 Å². The number of primary amides is 1. The third-order valence-corrected chi connectivity index (χ3v) is 12.1. The number of aromatic hydroxyl groups is 1. The van der Waals surface area contributed by atoms with Crippen molar-refractivity contribution in [3.8, 4) is 5.75 Å². The zero-order chi connectivity index (χ0) is 56.8. The normalized spacial score (nSPS) is 15.2. The van der Waals surface area contributed by atoms with E-state index in [0.29, 0.717) is 24.0 Å². The Hall–Kier alpha value is -9.02. The number of hydrogen-bond acceptors (Lipinski definition) is 14. The number of rotatable bonds is 30. The number of nitrogens with zero attached hydrogens (tertiary/aromatic N) is 3. The highest BCUT2D eigenvalue weighted by molar-refractivity contribution is 5.99. The van der Waals surface area contributed by atoms with Crippen LogP contribution in [0.15, 0.2) is 64.7 Å². The van der Waals surface area contributed by atoms with Gasteiger partial charge in [0.05, 0.1) is 19.0 Å². The van der Waals surface area contributed by atoms with Crippen LogP contribution in [0, 0.1) is 0 Å². The third-order valence-electron chi connectivity index (χ3n) is 12.1. The molecule has 1 aromatic heterocycles. The molecule has 1 saturated heterocycles. The fraction of sp³-hybridized carbons (Fsp3) is 0.458. The lowest BCUT2D eigenvalue weighted by atomic mass is 10.0. The molecule has 2 aromatic carbocycles. The van der Waals surface area contributed by atoms with Crippen molar-refractivity contribution in [2.45, 2.75) is 107 Å². The van der Waals surface area contributed by atoms with Crippen LogP contribution in [0.3, 0.4) is 0 Å². The van der Waals surface area contributed by atoms with E-state index in [0.717, 1.165) is 10.9 Å². The standard InChI is InChI=1S/C48H69N17O12/c1-25(40(71)64-35(19-26-12-14-28(66)15-13-26)46(77)65-18-6-11-36(65)45(76)59-24-39(69)70)60-43(74)34(21-37(50)67)61-38(68)23-58-42(73)32(10-5-17-56-48(53)54)62-44(75)33(20-27-22-57-31-9-3-2-7-29(27)31)63-41(72)30(49)8-4-16-55-47(51)52/h2-3,7,9,12-15,22,25,30,32-36,57,66H,4-6,8,10-11,16-21,23-24,49H2,1H3,(H2,50,67)(H,58,73)(H,59,76)(H,60,74)(H,61,68)(H,62,75)(H,63,72)(H,64,71)(H,69,70)(H4,51,52,55)(H4,53,54,56)/t25-,30-,32-,33-,34-,35-,36-/m0/s1. The van der Waals surface area contributed by atoms with E-state index in [1.165, 1.54) is 36.1 Å². The minimum absolute atomic E-state index is 0.0379. The number of H-pyrrole nitrogens is 1. The lowest BCUT2D eigenvalue weighted by molar-refractivity contribution is -0.143. The summed E-state index contributed by atoms with van der Waals surface area (Å²) in [4.78, 5) is 144. The van der Waals surface area contributed by atoms with E-state index >= 15 is 0 Å². The summed E-state index contributed by atoms with van der Waals surface area (Å²) in [5.74, 6) is -9.50. The minimum Gasteiger partial charge on any atom is -0.508 e. The third kappa shape index (κ3) is 20.0. The van der Waals surface area contributed by atoms with Crippen LogP contribution >= 0.6 is 0 Å². The molecule has 2 heterocycles. The molecule has 0 saturated carbocycles. The van der Waals surface area contributed by atoms with E-state index in [9.17, 15) is 53.1 Å². The Bertz CT molecular complexity index is 2650. The van der Waals surface area contributed by atoms with E-state index in [4.69, 9.17) is 39.5 Å². The smallest absolute Gasteiger partial charge is 0.322 e. The number of benzene rings is 2. The molecule has 7 atom stereocenters. The van der Waals surface area contributed by atoms with Crippen molar-refractivity contribution in [1.82, 2.24) is 47.1 Å². The highest BCUT2D eigenvalue weighted by Gasteiger charge is 2.39. The SMILES string of the molecule is C[C@H](NC(=O)[C@H](CC(N)=O)NC(=O)CNC(=O)[C@H](CCCN=C(N)N)NC(=O)[C@H](Cc1c[nH]c2ccccc12)NC(=O)[C@@H](N)CCCN=C(N)N)C(=O)N[C@@H](Cc1ccc(O)cc1)C(=O)N1CCC[C@H]1C(=O)NCC(=O)O. The molecule has 0 spiro atoms. The maximum Gasteiger partial charge on any atom is 0.322 e. The molecule has 3 aromatic rings. The van der Waals surface area contributed by atoms with Crippen molar-refractivity contribution in [3.63, 3.8) is 0 Å². The number of carbonyl (C=O) groups is 10. The molecule has 1 aliphatic heterocycles. The van der Waals surface area contributed by atoms with Crippen LogP contribution in [0.5, 0.6) is 5.75 Å². The number of carboxylic acids is 1. The van der Waals surface area contributed by atoms with E-state index in [1.807, 2.05) is 18.2 Å². The van der Waals surface area contributed by atoms with Gasteiger partial charge >= 0.3 is 5.97 Å². The van der Waals surface area contributed by atoms with Gasteiger partial charge in [-0.3, -0.25) is 57.9 Å². The Kier molecular flexibility index (Phi) is 23.4. The first-order valence-corrected chi connectivity index (χ1v) is 24.6. The molecule has 29 heteroatoms. The van der Waals surface area contributed by atoms with E-state index in [1.54, 1.807) is 12.3 Å². The number of carbonyl (C=O) groups excluding carboxylic acids is 9. The molecule has 9 amide bonds. The summed E-state index contributed by atoms with van der Waals surface area (Å²) in [6.45, 7) is 0.105. The number of guanidine groups is 2. The van der Waals surface area contributed by atoms with Gasteiger partial charge in [0.15, 0.2) is 11.9 Å². The maximum absolute atomic E-state index is 14.2. The van der Waals surface area contributed by atoms with Crippen molar-refractivity contribution in [1.29, 1.82) is 0 Å². The minimum atomic E-state index is -1.70. The van der Waals surface area contributed by atoms with Gasteiger partial charge in [-0.2, -0.15) is 0 Å². The summed E-state index contributed by atoms with van der Waals surface area (Å²) < 4.78 is 0. The van der Waals surface area contributed by atoms with Gasteiger partial charge in [-0.1, -0.05) is 30.3 Å². The lowest BCUT2D eigenvalue weighted by Gasteiger charge is -2.29. The first kappa shape index (κ1) is 60.5. The molecule has 1 fully saturated rings. The number of fused-ring (bicyclic) bond motifs is 1. The van der Waals surface area contributed by atoms with Gasteiger partial charge in [-0.15, -0.1) is 0 Å². The largest absolute Gasteiger partial charge is 0.508 e. The predicted molar refractivity (Wildman–Crippen MR) is 279 cm³/mol. The monoisotopic (exact) mass is 1080 g/mol. The summed E-state index contributed by atoms with van der Waals surface area (Å²) >= 11 is 0. The van der Waals surface area contributed by atoms with Gasteiger partial charge in [0.2, 0.25) is 53.2 Å². The van der Waals surface area contributed by atoms with Crippen molar-refractivity contribution >= 4 is 82.0 Å². The Labute approximate surface area is 441 Å². The molecule has 4 rings (SSSR count). The Balaban J connectivity index is 1.46. The van der Waals surface area contributed by atoms with Crippen LogP contribution in [0.2, 0.25) is 0 Å². The van der Waals surface area contributed by atoms with Crippen molar-refractivity contribution in [2.24, 2.45) is 44.4 Å². The first-order chi connectivity index (χ1) is 36.5. The molecule has 418 valence electrons. The molecule has 22 N–H and O–H groups in total. The summed E-state index contributed by atoms with van der Waals surface area (Å²) in [6.07, 6.45) is 1.90. The number of phenolic OH excluding ortho intramolecular Hbond substituents is 1. The lowest BCUT2D eigenvalue weighted by Crippen LogP contribution is -2.59. The van der Waals surface area contributed by atoms with Gasteiger partial charge in [-0.25, -0.2) is 0 Å². The molecule has 0 radical (unpaired) electrons. The zero-order valence-electron chi connectivity index (χ0n) is 42.4. The molecular weight excluding hydrogens is 1010 g/mol. The quantitative estimate of drug-likeness (QED) is 0.0168. The topological polar surface area (TPSA) is 495 Å². The van der Waals surface area contributed by atoms with Crippen molar-refractivity contribution in [2.75, 3.05) is 32.7 Å². The highest BCUT2D eigenvalue weighted by Crippen LogP contribution is 2.22. The number of phenols is 1. The number of likely N-dealkylation sites (tertiary alicyclic amines) is 1. The van der Waals surface area contributed by atoms with Crippen LogP contribution in [0.1, 0.15) is 63.0 Å². The predicted octanol–water partition coefficient (Wildman–Crippen LogP) is -5.28. The average Bonchev–Trinajstić information content (AvgIpc) is 4.04. The second kappa shape index (κ2) is 29.8. The Morgan fingerprint density at radius 2 is 1.32 bits per heavy atom. The second-order valence-electron chi connectivity index (χ2n) is 18.2.